The van der Waals surface area contributed by atoms with Crippen LogP contribution in [0.3, 0.4) is 0 Å². The van der Waals surface area contributed by atoms with Crippen molar-refractivity contribution in [2.75, 3.05) is 30.3 Å². The van der Waals surface area contributed by atoms with Gasteiger partial charge < -0.3 is 20.3 Å². The Morgan fingerprint density at radius 2 is 2.11 bits per heavy atom. The van der Waals surface area contributed by atoms with Crippen LogP contribution >= 0.6 is 0 Å². The number of likely N-dealkylation sites (tertiary alicyclic amines) is 1. The summed E-state index contributed by atoms with van der Waals surface area (Å²) in [5.74, 6) is -0.843. The molecule has 2 aromatic rings. The highest BCUT2D eigenvalue weighted by Gasteiger charge is 2.23. The zero-order valence-electron chi connectivity index (χ0n) is 14.8. The molecule has 0 saturated carbocycles. The van der Waals surface area contributed by atoms with E-state index in [-0.39, 0.29) is 23.8 Å². The van der Waals surface area contributed by atoms with Gasteiger partial charge >= 0.3 is 6.09 Å². The highest BCUT2D eigenvalue weighted by Crippen LogP contribution is 2.20. The van der Waals surface area contributed by atoms with Crippen molar-refractivity contribution in [1.29, 1.82) is 0 Å². The second-order valence-corrected chi connectivity index (χ2v) is 6.02. The number of carbonyl (C=O) groups excluding carboxylic acids is 1. The fraction of sp³-hybridized carbons (Fsp3) is 0.412. The fourth-order valence-corrected chi connectivity index (χ4v) is 2.77. The van der Waals surface area contributed by atoms with Crippen molar-refractivity contribution < 1.29 is 18.3 Å². The molecule has 0 aliphatic carbocycles. The van der Waals surface area contributed by atoms with Gasteiger partial charge in [0, 0.05) is 25.2 Å². The Bertz CT molecular complexity index is 799. The molecule has 144 valence electrons. The lowest BCUT2D eigenvalue weighted by Gasteiger charge is -2.31. The first-order chi connectivity index (χ1) is 13.0. The lowest BCUT2D eigenvalue weighted by molar-refractivity contribution is 0.0983. The van der Waals surface area contributed by atoms with Crippen LogP contribution in [0, 0.1) is 11.6 Å². The van der Waals surface area contributed by atoms with Gasteiger partial charge in [0.2, 0.25) is 5.95 Å². The third-order valence-corrected chi connectivity index (χ3v) is 4.11. The van der Waals surface area contributed by atoms with Crippen molar-refractivity contribution in [1.82, 2.24) is 20.1 Å². The Hall–Kier alpha value is -3.04. The number of anilines is 3. The van der Waals surface area contributed by atoms with Gasteiger partial charge in [-0.15, -0.1) is 5.10 Å². The number of amides is 1. The van der Waals surface area contributed by atoms with Crippen molar-refractivity contribution in [2.24, 2.45) is 0 Å². The molecule has 0 atom stereocenters. The topological polar surface area (TPSA) is 92.3 Å². The van der Waals surface area contributed by atoms with Crippen LogP contribution in [0.5, 0.6) is 0 Å². The molecule has 8 nitrogen and oxygen atoms in total. The van der Waals surface area contributed by atoms with Crippen LogP contribution in [0.25, 0.3) is 0 Å². The van der Waals surface area contributed by atoms with Gasteiger partial charge in [-0.05, 0) is 31.9 Å². The number of carbonyl (C=O) groups is 1. The highest BCUT2D eigenvalue weighted by atomic mass is 19.1. The maximum Gasteiger partial charge on any atom is 0.409 e. The number of ether oxygens (including phenoxy) is 1. The van der Waals surface area contributed by atoms with Crippen LogP contribution in [0.4, 0.5) is 31.0 Å². The molecule has 10 heteroatoms. The van der Waals surface area contributed by atoms with Gasteiger partial charge in [0.1, 0.15) is 11.6 Å². The Morgan fingerprint density at radius 3 is 2.81 bits per heavy atom. The number of benzene rings is 1. The van der Waals surface area contributed by atoms with E-state index in [9.17, 15) is 13.6 Å². The van der Waals surface area contributed by atoms with Crippen molar-refractivity contribution in [3.05, 3.63) is 36.0 Å². The number of rotatable bonds is 5. The predicted molar refractivity (Wildman–Crippen MR) is 94.7 cm³/mol. The Kier molecular flexibility index (Phi) is 5.94. The highest BCUT2D eigenvalue weighted by molar-refractivity contribution is 5.67. The molecule has 2 N–H and O–H groups in total. The molecule has 1 aliphatic rings. The number of halogens is 2. The van der Waals surface area contributed by atoms with E-state index in [4.69, 9.17) is 4.74 Å². The van der Waals surface area contributed by atoms with Crippen LogP contribution in [0.2, 0.25) is 0 Å². The van der Waals surface area contributed by atoms with E-state index < -0.39 is 11.6 Å². The van der Waals surface area contributed by atoms with Crippen LogP contribution in [0.15, 0.2) is 24.4 Å². The van der Waals surface area contributed by atoms with E-state index in [2.05, 4.69) is 25.8 Å². The van der Waals surface area contributed by atoms with Gasteiger partial charge in [-0.1, -0.05) is 0 Å². The smallest absolute Gasteiger partial charge is 0.409 e. The Morgan fingerprint density at radius 1 is 1.33 bits per heavy atom. The second kappa shape index (κ2) is 8.56. The van der Waals surface area contributed by atoms with E-state index >= 15 is 0 Å². The summed E-state index contributed by atoms with van der Waals surface area (Å²) in [6.07, 6.45) is 2.63. The summed E-state index contributed by atoms with van der Waals surface area (Å²) in [4.78, 5) is 17.6. The molecular formula is C17H20F2N6O2. The predicted octanol–water partition coefficient (Wildman–Crippen LogP) is 2.93. The molecule has 0 bridgehead atoms. The number of aromatic nitrogens is 3. The van der Waals surface area contributed by atoms with Gasteiger partial charge in [-0.3, -0.25) is 0 Å². The molecule has 3 rings (SSSR count). The Balaban J connectivity index is 1.57. The van der Waals surface area contributed by atoms with Gasteiger partial charge in [0.25, 0.3) is 0 Å². The number of hydrogen-bond donors (Lipinski definition) is 2. The standard InChI is InChI=1S/C17H20F2N6O2/c1-2-27-17(26)25-7-5-12(6-8-25)21-15-10-20-24-16(23-15)22-14-4-3-11(18)9-13(14)19/h3-4,9-10,12H,2,5-8H2,1H3,(H2,21,22,23,24). The van der Waals surface area contributed by atoms with Crippen LogP contribution in [-0.4, -0.2) is 51.9 Å². The average molecular weight is 378 g/mol. The lowest BCUT2D eigenvalue weighted by atomic mass is 10.1. The minimum atomic E-state index is -0.747. The minimum absolute atomic E-state index is 0.0538. The third kappa shape index (κ3) is 4.99. The Labute approximate surface area is 154 Å². The van der Waals surface area contributed by atoms with Crippen molar-refractivity contribution in [3.8, 4) is 0 Å². The monoisotopic (exact) mass is 378 g/mol. The van der Waals surface area contributed by atoms with E-state index in [1.807, 2.05) is 0 Å². The zero-order valence-corrected chi connectivity index (χ0v) is 14.8. The summed E-state index contributed by atoms with van der Waals surface area (Å²) in [5.41, 5.74) is 0.0538. The largest absolute Gasteiger partial charge is 0.450 e. The molecular weight excluding hydrogens is 358 g/mol. The number of nitrogens with zero attached hydrogens (tertiary/aromatic N) is 4. The number of piperidine rings is 1. The summed E-state index contributed by atoms with van der Waals surface area (Å²) in [7, 11) is 0. The van der Waals surface area contributed by atoms with Crippen LogP contribution in [0.1, 0.15) is 19.8 Å². The molecule has 27 heavy (non-hydrogen) atoms. The maximum absolute atomic E-state index is 13.7. The fourth-order valence-electron chi connectivity index (χ4n) is 2.77. The van der Waals surface area contributed by atoms with Crippen LogP contribution in [-0.2, 0) is 4.74 Å². The summed E-state index contributed by atoms with van der Waals surface area (Å²) in [6.45, 7) is 3.30. The van der Waals surface area contributed by atoms with Gasteiger partial charge in [0.15, 0.2) is 5.82 Å². The molecule has 0 spiro atoms. The first kappa shape index (κ1) is 18.7. The van der Waals surface area contributed by atoms with Gasteiger partial charge in [0.05, 0.1) is 18.5 Å². The number of hydrogen-bond acceptors (Lipinski definition) is 7. The molecule has 2 heterocycles. The summed E-state index contributed by atoms with van der Waals surface area (Å²) in [6, 6.07) is 3.29. The van der Waals surface area contributed by atoms with Crippen molar-refractivity contribution in [3.63, 3.8) is 0 Å². The van der Waals surface area contributed by atoms with E-state index in [0.29, 0.717) is 25.5 Å². The van der Waals surface area contributed by atoms with E-state index in [0.717, 1.165) is 25.0 Å². The molecule has 1 aromatic heterocycles. The zero-order chi connectivity index (χ0) is 19.2. The molecule has 1 fully saturated rings. The molecule has 1 saturated heterocycles. The van der Waals surface area contributed by atoms with E-state index in [1.54, 1.807) is 11.8 Å². The first-order valence-electron chi connectivity index (χ1n) is 8.65. The number of nitrogens with one attached hydrogen (secondary N) is 2. The van der Waals surface area contributed by atoms with Crippen molar-refractivity contribution in [2.45, 2.75) is 25.8 Å². The molecule has 1 aliphatic heterocycles. The van der Waals surface area contributed by atoms with Gasteiger partial charge in [-0.2, -0.15) is 10.1 Å². The molecule has 1 aromatic carbocycles. The maximum atomic E-state index is 13.7. The minimum Gasteiger partial charge on any atom is -0.450 e. The summed E-state index contributed by atoms with van der Waals surface area (Å²) >= 11 is 0. The molecule has 0 radical (unpaired) electrons. The SMILES string of the molecule is CCOC(=O)N1CCC(Nc2cnnc(Nc3ccc(F)cc3F)n2)CC1. The molecule has 0 unspecified atom stereocenters. The van der Waals surface area contributed by atoms with Crippen LogP contribution < -0.4 is 10.6 Å². The van der Waals surface area contributed by atoms with Gasteiger partial charge in [-0.25, -0.2) is 13.6 Å². The first-order valence-corrected chi connectivity index (χ1v) is 8.65. The third-order valence-electron chi connectivity index (χ3n) is 4.11. The summed E-state index contributed by atoms with van der Waals surface area (Å²) in [5, 5.41) is 13.6. The van der Waals surface area contributed by atoms with E-state index in [1.165, 1.54) is 12.3 Å². The normalized spacial score (nSPS) is 14.7. The molecule has 1 amide bonds. The van der Waals surface area contributed by atoms with Crippen molar-refractivity contribution >= 4 is 23.5 Å². The lowest BCUT2D eigenvalue weighted by Crippen LogP contribution is -2.42. The second-order valence-electron chi connectivity index (χ2n) is 6.02. The quantitative estimate of drug-likeness (QED) is 0.826. The average Bonchev–Trinajstić information content (AvgIpc) is 2.65. The summed E-state index contributed by atoms with van der Waals surface area (Å²) < 4.78 is 31.7.